The minimum atomic E-state index is -0.122. The maximum atomic E-state index is 12.4. The molecular weight excluding hydrogens is 464 g/mol. The molecule has 0 bridgehead atoms. The first-order valence-corrected chi connectivity index (χ1v) is 13.0. The summed E-state index contributed by atoms with van der Waals surface area (Å²) in [5.41, 5.74) is 0.333. The lowest BCUT2D eigenvalue weighted by molar-refractivity contribution is -0.0534. The van der Waals surface area contributed by atoms with Crippen molar-refractivity contribution in [3.63, 3.8) is 0 Å². The number of carbonyl (C=O) groups is 1. The predicted octanol–water partition coefficient (Wildman–Crippen LogP) is 2.83. The van der Waals surface area contributed by atoms with Crippen LogP contribution in [-0.4, -0.2) is 88.6 Å². The Morgan fingerprint density at radius 1 is 0.972 bits per heavy atom. The Hall–Kier alpha value is -2.79. The van der Waals surface area contributed by atoms with Gasteiger partial charge in [-0.05, 0) is 38.5 Å². The van der Waals surface area contributed by atoms with E-state index < -0.39 is 0 Å². The van der Waals surface area contributed by atoms with Crippen molar-refractivity contribution in [2.45, 2.75) is 82.7 Å². The van der Waals surface area contributed by atoms with Crippen molar-refractivity contribution in [3.8, 4) is 5.88 Å². The lowest BCUT2D eigenvalue weighted by Crippen LogP contribution is -2.54. The first-order valence-electron chi connectivity index (χ1n) is 13.0. The van der Waals surface area contributed by atoms with Crippen LogP contribution in [0, 0.1) is 0 Å². The molecule has 2 aromatic rings. The first-order chi connectivity index (χ1) is 17.5. The van der Waals surface area contributed by atoms with Crippen LogP contribution >= 0.6 is 0 Å². The molecule has 5 rings (SSSR count). The van der Waals surface area contributed by atoms with Gasteiger partial charge < -0.3 is 28.5 Å². The van der Waals surface area contributed by atoms with Gasteiger partial charge in [0.25, 0.3) is 5.91 Å². The van der Waals surface area contributed by atoms with Gasteiger partial charge in [0.2, 0.25) is 5.88 Å². The molecule has 11 heteroatoms. The zero-order chi connectivity index (χ0) is 25.1. The fourth-order valence-corrected chi connectivity index (χ4v) is 4.90. The molecule has 0 spiro atoms. The summed E-state index contributed by atoms with van der Waals surface area (Å²) in [4.78, 5) is 29.4. The fraction of sp³-hybridized carbons (Fsp3) is 0.720. The number of aromatic nitrogens is 4. The molecule has 2 aliphatic heterocycles. The quantitative estimate of drug-likeness (QED) is 0.536. The van der Waals surface area contributed by atoms with E-state index in [0.717, 1.165) is 57.4 Å². The summed E-state index contributed by atoms with van der Waals surface area (Å²) < 4.78 is 23.1. The van der Waals surface area contributed by atoms with Gasteiger partial charge in [0, 0.05) is 39.2 Å². The maximum absolute atomic E-state index is 12.4. The molecule has 0 radical (unpaired) electrons. The second-order valence-electron chi connectivity index (χ2n) is 10.2. The molecule has 3 aliphatic rings. The third-order valence-corrected chi connectivity index (χ3v) is 7.27. The van der Waals surface area contributed by atoms with Crippen molar-refractivity contribution >= 4 is 11.9 Å². The number of anilines is 1. The van der Waals surface area contributed by atoms with Crippen molar-refractivity contribution < 1.29 is 23.5 Å². The maximum Gasteiger partial charge on any atom is 0.324 e. The molecular formula is C25H36N6O5. The van der Waals surface area contributed by atoms with Crippen LogP contribution in [0.15, 0.2) is 16.9 Å². The van der Waals surface area contributed by atoms with E-state index in [1.165, 1.54) is 6.20 Å². The number of hydrogen-bond acceptors (Lipinski definition) is 10. The third-order valence-electron chi connectivity index (χ3n) is 7.27. The summed E-state index contributed by atoms with van der Waals surface area (Å²) in [6, 6.07) is 0.621. The zero-order valence-corrected chi connectivity index (χ0v) is 21.3. The lowest BCUT2D eigenvalue weighted by atomic mass is 9.94. The molecule has 1 saturated carbocycles. The highest BCUT2D eigenvalue weighted by molar-refractivity contribution is 5.92. The number of ether oxygens (including phenoxy) is 3. The number of likely N-dealkylation sites (tertiary alicyclic amines) is 1. The van der Waals surface area contributed by atoms with E-state index in [0.29, 0.717) is 30.7 Å². The summed E-state index contributed by atoms with van der Waals surface area (Å²) >= 11 is 0. The standard InChI is InChI=1S/C25H36N6O5/c1-16(2)23-28-25(36-29-23)30-10-8-19(9-11-30)34-17-4-6-18(7-5-17)35-22-13-26-21(12-27-22)24(32)31-14-20(15-31)33-3/h12-13,16-20H,4-11,14-15H2,1-3H3. The number of methoxy groups -OCH3 is 1. The Morgan fingerprint density at radius 3 is 2.28 bits per heavy atom. The average molecular weight is 501 g/mol. The van der Waals surface area contributed by atoms with E-state index in [9.17, 15) is 4.79 Å². The van der Waals surface area contributed by atoms with Gasteiger partial charge in [-0.15, -0.1) is 0 Å². The van der Waals surface area contributed by atoms with Gasteiger partial charge in [-0.3, -0.25) is 4.79 Å². The highest BCUT2D eigenvalue weighted by atomic mass is 16.5. The molecule has 1 amide bonds. The predicted molar refractivity (Wildman–Crippen MR) is 130 cm³/mol. The van der Waals surface area contributed by atoms with E-state index in [4.69, 9.17) is 18.7 Å². The van der Waals surface area contributed by atoms with Gasteiger partial charge >= 0.3 is 6.01 Å². The molecule has 0 atom stereocenters. The average Bonchev–Trinajstić information content (AvgIpc) is 3.36. The van der Waals surface area contributed by atoms with Gasteiger partial charge in [0.1, 0.15) is 11.8 Å². The fourth-order valence-electron chi connectivity index (χ4n) is 4.90. The molecule has 0 unspecified atom stereocenters. The Balaban J connectivity index is 1.01. The van der Waals surface area contributed by atoms with E-state index in [1.54, 1.807) is 18.2 Å². The van der Waals surface area contributed by atoms with E-state index in [-0.39, 0.29) is 36.2 Å². The molecule has 2 aromatic heterocycles. The van der Waals surface area contributed by atoms with Crippen molar-refractivity contribution in [3.05, 3.63) is 23.9 Å². The molecule has 0 aromatic carbocycles. The molecule has 0 N–H and O–H groups in total. The Kier molecular flexibility index (Phi) is 7.66. The number of hydrogen-bond donors (Lipinski definition) is 0. The van der Waals surface area contributed by atoms with Gasteiger partial charge in [-0.1, -0.05) is 19.0 Å². The van der Waals surface area contributed by atoms with Crippen molar-refractivity contribution in [1.29, 1.82) is 0 Å². The van der Waals surface area contributed by atoms with Crippen LogP contribution in [0.5, 0.6) is 5.88 Å². The topological polar surface area (TPSA) is 116 Å². The van der Waals surface area contributed by atoms with Crippen LogP contribution in [0.3, 0.4) is 0 Å². The van der Waals surface area contributed by atoms with Crippen LogP contribution < -0.4 is 9.64 Å². The van der Waals surface area contributed by atoms with Gasteiger partial charge in [-0.25, -0.2) is 9.97 Å². The molecule has 196 valence electrons. The highest BCUT2D eigenvalue weighted by Crippen LogP contribution is 2.28. The third kappa shape index (κ3) is 5.78. The Morgan fingerprint density at radius 2 is 1.67 bits per heavy atom. The molecule has 11 nitrogen and oxygen atoms in total. The Bertz CT molecular complexity index is 993. The molecule has 4 heterocycles. The monoisotopic (exact) mass is 500 g/mol. The molecule has 2 saturated heterocycles. The van der Waals surface area contributed by atoms with Crippen LogP contribution in [0.1, 0.15) is 74.6 Å². The van der Waals surface area contributed by atoms with Crippen molar-refractivity contribution in [2.75, 3.05) is 38.2 Å². The number of piperidine rings is 1. The van der Waals surface area contributed by atoms with Gasteiger partial charge in [-0.2, -0.15) is 4.98 Å². The lowest BCUT2D eigenvalue weighted by Gasteiger charge is -2.37. The smallest absolute Gasteiger partial charge is 0.324 e. The number of nitrogens with zero attached hydrogens (tertiary/aromatic N) is 6. The first kappa shape index (κ1) is 24.9. The van der Waals surface area contributed by atoms with Gasteiger partial charge in [0.05, 0.1) is 30.7 Å². The van der Waals surface area contributed by atoms with Crippen LogP contribution in [-0.2, 0) is 9.47 Å². The summed E-state index contributed by atoms with van der Waals surface area (Å²) in [6.45, 7) is 7.05. The number of rotatable bonds is 8. The van der Waals surface area contributed by atoms with Crippen molar-refractivity contribution in [2.24, 2.45) is 0 Å². The second-order valence-corrected chi connectivity index (χ2v) is 10.2. The molecule has 1 aliphatic carbocycles. The normalized spacial score (nSPS) is 23.7. The summed E-state index contributed by atoms with van der Waals surface area (Å²) in [5.74, 6) is 1.36. The SMILES string of the molecule is COC1CN(C(=O)c2cnc(OC3CCC(OC4CCN(c5nc(C(C)C)no5)CC4)CC3)cn2)C1. The second kappa shape index (κ2) is 11.1. The van der Waals surface area contributed by atoms with Crippen LogP contribution in [0.2, 0.25) is 0 Å². The summed E-state index contributed by atoms with van der Waals surface area (Å²) in [7, 11) is 1.65. The largest absolute Gasteiger partial charge is 0.473 e. The van der Waals surface area contributed by atoms with E-state index in [1.807, 2.05) is 0 Å². The Labute approximate surface area is 211 Å². The van der Waals surface area contributed by atoms with Crippen molar-refractivity contribution in [1.82, 2.24) is 25.0 Å². The zero-order valence-electron chi connectivity index (χ0n) is 21.3. The van der Waals surface area contributed by atoms with Gasteiger partial charge in [0.15, 0.2) is 5.82 Å². The highest BCUT2D eigenvalue weighted by Gasteiger charge is 2.32. The number of carbonyl (C=O) groups excluding carboxylic acids is 1. The minimum Gasteiger partial charge on any atom is -0.473 e. The molecule has 36 heavy (non-hydrogen) atoms. The van der Waals surface area contributed by atoms with Crippen LogP contribution in [0.4, 0.5) is 6.01 Å². The summed E-state index contributed by atoms with van der Waals surface area (Å²) in [5, 5.41) is 4.07. The van der Waals surface area contributed by atoms with E-state index in [2.05, 4.69) is 38.9 Å². The number of amides is 1. The van der Waals surface area contributed by atoms with Crippen LogP contribution in [0.25, 0.3) is 0 Å². The molecule has 3 fully saturated rings. The minimum absolute atomic E-state index is 0.0908. The van der Waals surface area contributed by atoms with E-state index >= 15 is 0 Å². The summed E-state index contributed by atoms with van der Waals surface area (Å²) in [6.07, 6.45) is 9.45.